The van der Waals surface area contributed by atoms with Crippen LogP contribution in [0.2, 0.25) is 0 Å². The van der Waals surface area contributed by atoms with Crippen LogP contribution in [0.25, 0.3) is 5.69 Å². The van der Waals surface area contributed by atoms with E-state index < -0.39 is 0 Å². The summed E-state index contributed by atoms with van der Waals surface area (Å²) in [5.41, 5.74) is 8.83. The van der Waals surface area contributed by atoms with Gasteiger partial charge in [-0.05, 0) is 29.8 Å². The first-order chi connectivity index (χ1) is 10.8. The number of nitrogens with two attached hydrogens (primary N) is 1. The molecule has 0 amide bonds. The summed E-state index contributed by atoms with van der Waals surface area (Å²) in [6.07, 6.45) is 3.17. The second-order valence-electron chi connectivity index (χ2n) is 4.70. The molecule has 1 heterocycles. The maximum Gasteiger partial charge on any atom is 0.193 e. The number of aromatic nitrogens is 3. The Morgan fingerprint density at radius 1 is 1.09 bits per heavy atom. The number of halogens is 1. The summed E-state index contributed by atoms with van der Waals surface area (Å²) in [5, 5.41) is 7.14. The van der Waals surface area contributed by atoms with Crippen molar-refractivity contribution in [2.45, 2.75) is 6.54 Å². The molecule has 23 heavy (non-hydrogen) atoms. The fourth-order valence-electron chi connectivity index (χ4n) is 1.98. The van der Waals surface area contributed by atoms with Crippen molar-refractivity contribution >= 4 is 35.6 Å². The summed E-state index contributed by atoms with van der Waals surface area (Å²) >= 11 is 0. The number of rotatable bonds is 4. The van der Waals surface area contributed by atoms with Crippen LogP contribution < -0.4 is 11.1 Å². The van der Waals surface area contributed by atoms with Gasteiger partial charge in [-0.1, -0.05) is 30.3 Å². The van der Waals surface area contributed by atoms with E-state index in [4.69, 9.17) is 5.73 Å². The van der Waals surface area contributed by atoms with Gasteiger partial charge in [0.2, 0.25) is 0 Å². The lowest BCUT2D eigenvalue weighted by molar-refractivity contribution is 0.877. The van der Waals surface area contributed by atoms with Gasteiger partial charge in [0.1, 0.15) is 12.7 Å². The van der Waals surface area contributed by atoms with Crippen LogP contribution in [0.1, 0.15) is 5.56 Å². The third-order valence-electron chi connectivity index (χ3n) is 3.10. The van der Waals surface area contributed by atoms with Crippen LogP contribution in [0.5, 0.6) is 0 Å². The average molecular weight is 420 g/mol. The van der Waals surface area contributed by atoms with Gasteiger partial charge in [-0.25, -0.2) is 14.7 Å². The molecule has 3 rings (SSSR count). The number of nitrogens with zero attached hydrogens (tertiary/aromatic N) is 4. The minimum absolute atomic E-state index is 0. The van der Waals surface area contributed by atoms with E-state index in [-0.39, 0.29) is 24.0 Å². The predicted molar refractivity (Wildman–Crippen MR) is 102 cm³/mol. The lowest BCUT2D eigenvalue weighted by Gasteiger charge is -2.05. The van der Waals surface area contributed by atoms with Gasteiger partial charge >= 0.3 is 0 Å². The molecule has 2 aromatic carbocycles. The molecule has 0 radical (unpaired) electrons. The molecule has 0 bridgehead atoms. The smallest absolute Gasteiger partial charge is 0.193 e. The molecule has 7 heteroatoms. The maximum absolute atomic E-state index is 5.88. The molecule has 0 atom stereocenters. The summed E-state index contributed by atoms with van der Waals surface area (Å²) in [6.45, 7) is 0.517. The topological polar surface area (TPSA) is 81.1 Å². The van der Waals surface area contributed by atoms with Gasteiger partial charge in [-0.3, -0.25) is 0 Å². The summed E-state index contributed by atoms with van der Waals surface area (Å²) in [5.74, 6) is 0.395. The molecule has 0 saturated carbocycles. The van der Waals surface area contributed by atoms with E-state index in [1.54, 1.807) is 11.0 Å². The normalized spacial score (nSPS) is 10.9. The van der Waals surface area contributed by atoms with E-state index in [1.807, 2.05) is 54.6 Å². The Hall–Kier alpha value is -2.42. The van der Waals surface area contributed by atoms with Crippen LogP contribution >= 0.6 is 24.0 Å². The Balaban J connectivity index is 0.00000192. The van der Waals surface area contributed by atoms with Crippen LogP contribution in [-0.2, 0) is 6.54 Å². The van der Waals surface area contributed by atoms with Crippen molar-refractivity contribution in [3.63, 3.8) is 0 Å². The quantitative estimate of drug-likeness (QED) is 0.387. The Bertz CT molecular complexity index is 738. The van der Waals surface area contributed by atoms with Gasteiger partial charge in [0.15, 0.2) is 5.96 Å². The van der Waals surface area contributed by atoms with E-state index in [0.29, 0.717) is 12.5 Å². The molecule has 0 unspecified atom stereocenters. The standard InChI is InChI=1S/C16H16N6.HI/c17-16(21-14-4-2-1-3-5-14)19-10-13-6-8-15(9-7-13)22-12-18-11-20-22;/h1-9,11-12H,10H2,(H3,17,19,21);1H. The molecule has 0 spiro atoms. The van der Waals surface area contributed by atoms with Crippen LogP contribution in [0.3, 0.4) is 0 Å². The zero-order valence-electron chi connectivity index (χ0n) is 12.3. The number of aliphatic imine (C=N–C) groups is 1. The van der Waals surface area contributed by atoms with Crippen molar-refractivity contribution in [3.05, 3.63) is 72.8 Å². The van der Waals surface area contributed by atoms with Crippen LogP contribution in [0, 0.1) is 0 Å². The van der Waals surface area contributed by atoms with Gasteiger partial charge in [0, 0.05) is 5.69 Å². The zero-order valence-corrected chi connectivity index (χ0v) is 14.7. The highest BCUT2D eigenvalue weighted by molar-refractivity contribution is 14.0. The molecule has 0 aliphatic heterocycles. The molecule has 0 fully saturated rings. The van der Waals surface area contributed by atoms with Crippen LogP contribution in [-0.4, -0.2) is 20.7 Å². The van der Waals surface area contributed by atoms with E-state index >= 15 is 0 Å². The molecule has 0 aliphatic rings. The largest absolute Gasteiger partial charge is 0.370 e. The monoisotopic (exact) mass is 420 g/mol. The molecular formula is C16H17IN6. The minimum Gasteiger partial charge on any atom is -0.370 e. The number of anilines is 1. The fourth-order valence-corrected chi connectivity index (χ4v) is 1.98. The Morgan fingerprint density at radius 3 is 2.48 bits per heavy atom. The SMILES string of the molecule is I.NC(=NCc1ccc(-n2cncn2)cc1)Nc1ccccc1. The highest BCUT2D eigenvalue weighted by Gasteiger charge is 1.98. The van der Waals surface area contributed by atoms with Crippen molar-refractivity contribution in [2.75, 3.05) is 5.32 Å². The average Bonchev–Trinajstić information content (AvgIpc) is 3.09. The van der Waals surface area contributed by atoms with Crippen molar-refractivity contribution in [1.29, 1.82) is 0 Å². The molecule has 118 valence electrons. The molecular weight excluding hydrogens is 403 g/mol. The number of hydrogen-bond donors (Lipinski definition) is 2. The minimum atomic E-state index is 0. The zero-order chi connectivity index (χ0) is 15.2. The number of nitrogens with one attached hydrogen (secondary N) is 1. The third kappa shape index (κ3) is 4.78. The molecule has 1 aromatic heterocycles. The summed E-state index contributed by atoms with van der Waals surface area (Å²) < 4.78 is 1.71. The van der Waals surface area contributed by atoms with Gasteiger partial charge < -0.3 is 11.1 Å². The van der Waals surface area contributed by atoms with Crippen LogP contribution in [0.4, 0.5) is 5.69 Å². The third-order valence-corrected chi connectivity index (χ3v) is 3.10. The van der Waals surface area contributed by atoms with Crippen LogP contribution in [0.15, 0.2) is 72.2 Å². The first kappa shape index (κ1) is 16.9. The Kier molecular flexibility index (Phi) is 6.10. The lowest BCUT2D eigenvalue weighted by Crippen LogP contribution is -2.22. The first-order valence-corrected chi connectivity index (χ1v) is 6.87. The number of benzene rings is 2. The molecule has 6 nitrogen and oxygen atoms in total. The summed E-state index contributed by atoms with van der Waals surface area (Å²) in [7, 11) is 0. The van der Waals surface area contributed by atoms with Gasteiger partial charge in [-0.15, -0.1) is 24.0 Å². The van der Waals surface area contributed by atoms with E-state index in [2.05, 4.69) is 20.4 Å². The fraction of sp³-hybridized carbons (Fsp3) is 0.0625. The van der Waals surface area contributed by atoms with Crippen molar-refractivity contribution in [2.24, 2.45) is 10.7 Å². The number of para-hydroxylation sites is 1. The van der Waals surface area contributed by atoms with Crippen molar-refractivity contribution in [1.82, 2.24) is 14.8 Å². The van der Waals surface area contributed by atoms with Crippen molar-refractivity contribution < 1.29 is 0 Å². The first-order valence-electron chi connectivity index (χ1n) is 6.87. The molecule has 3 aromatic rings. The number of guanidine groups is 1. The highest BCUT2D eigenvalue weighted by Crippen LogP contribution is 2.09. The van der Waals surface area contributed by atoms with E-state index in [9.17, 15) is 0 Å². The molecule has 0 aliphatic carbocycles. The summed E-state index contributed by atoms with van der Waals surface area (Å²) in [4.78, 5) is 8.26. The van der Waals surface area contributed by atoms with Gasteiger partial charge in [0.05, 0.1) is 12.2 Å². The van der Waals surface area contributed by atoms with E-state index in [1.165, 1.54) is 6.33 Å². The second-order valence-corrected chi connectivity index (χ2v) is 4.70. The second kappa shape index (κ2) is 8.28. The maximum atomic E-state index is 5.88. The number of hydrogen-bond acceptors (Lipinski definition) is 3. The highest BCUT2D eigenvalue weighted by atomic mass is 127. The van der Waals surface area contributed by atoms with Gasteiger partial charge in [-0.2, -0.15) is 5.10 Å². The lowest BCUT2D eigenvalue weighted by atomic mass is 10.2. The molecule has 0 saturated heterocycles. The Morgan fingerprint density at radius 2 is 1.83 bits per heavy atom. The predicted octanol–water partition coefficient (Wildman–Crippen LogP) is 2.81. The van der Waals surface area contributed by atoms with E-state index in [0.717, 1.165) is 16.9 Å². The van der Waals surface area contributed by atoms with Gasteiger partial charge in [0.25, 0.3) is 0 Å². The molecule has 3 N–H and O–H groups in total. The summed E-state index contributed by atoms with van der Waals surface area (Å²) in [6, 6.07) is 17.7. The Labute approximate surface area is 151 Å². The van der Waals surface area contributed by atoms with Crippen molar-refractivity contribution in [3.8, 4) is 5.69 Å².